The summed E-state index contributed by atoms with van der Waals surface area (Å²) in [6.07, 6.45) is 6.02. The molecule has 12 heteroatoms. The van der Waals surface area contributed by atoms with Gasteiger partial charge in [0.25, 0.3) is 0 Å². The molecule has 0 saturated carbocycles. The average molecular weight is 497 g/mol. The first-order chi connectivity index (χ1) is 17.0. The second kappa shape index (κ2) is 11.9. The van der Waals surface area contributed by atoms with Crippen LogP contribution in [0.25, 0.3) is 11.2 Å². The van der Waals surface area contributed by atoms with Crippen LogP contribution in [-0.2, 0) is 27.2 Å². The molecular formula is C23H28N7O4P. The molecule has 1 aromatic carbocycles. The maximum Gasteiger partial charge on any atom is 0.342 e. The Hall–Kier alpha value is -3.37. The zero-order valence-electron chi connectivity index (χ0n) is 19.4. The largest absolute Gasteiger partial charge is 0.431 e. The number of nitrogens with zero attached hydrogens (tertiary/aromatic N) is 5. The molecule has 4 aromatic rings. The van der Waals surface area contributed by atoms with Crippen LogP contribution in [0.3, 0.4) is 0 Å². The molecule has 2 atom stereocenters. The topological polar surface area (TPSA) is 139 Å². The molecular weight excluding hydrogens is 469 g/mol. The summed E-state index contributed by atoms with van der Waals surface area (Å²) in [7, 11) is -3.39. The Labute approximate surface area is 203 Å². The van der Waals surface area contributed by atoms with Gasteiger partial charge in [-0.05, 0) is 36.8 Å². The number of hydrogen-bond acceptors (Lipinski definition) is 9. The van der Waals surface area contributed by atoms with Crippen molar-refractivity contribution in [3.05, 3.63) is 73.1 Å². The van der Waals surface area contributed by atoms with Gasteiger partial charge in [-0.3, -0.25) is 9.55 Å². The van der Waals surface area contributed by atoms with E-state index in [9.17, 15) is 4.57 Å². The van der Waals surface area contributed by atoms with Gasteiger partial charge < -0.3 is 24.3 Å². The van der Waals surface area contributed by atoms with Gasteiger partial charge in [0, 0.05) is 18.9 Å². The van der Waals surface area contributed by atoms with Crippen LogP contribution in [0, 0.1) is 0 Å². The number of ether oxygens (including phenoxy) is 2. The average Bonchev–Trinajstić information content (AvgIpc) is 3.28. The molecule has 4 rings (SSSR count). The van der Waals surface area contributed by atoms with Crippen molar-refractivity contribution in [1.29, 1.82) is 0 Å². The molecule has 0 aliphatic rings. The summed E-state index contributed by atoms with van der Waals surface area (Å²) in [5.74, 6) is 0.809. The Morgan fingerprint density at radius 2 is 1.91 bits per heavy atom. The lowest BCUT2D eigenvalue weighted by atomic mass is 10.3. The predicted octanol–water partition coefficient (Wildman–Crippen LogP) is 3.24. The van der Waals surface area contributed by atoms with Crippen LogP contribution in [-0.4, -0.2) is 50.1 Å². The van der Waals surface area contributed by atoms with E-state index in [1.807, 2.05) is 41.8 Å². The molecule has 11 nitrogen and oxygen atoms in total. The highest BCUT2D eigenvalue weighted by Crippen LogP contribution is 2.43. The summed E-state index contributed by atoms with van der Waals surface area (Å²) in [6, 6.07) is 12.8. The molecule has 0 saturated heterocycles. The quantitative estimate of drug-likeness (QED) is 0.209. The fourth-order valence-electron chi connectivity index (χ4n) is 3.30. The van der Waals surface area contributed by atoms with Gasteiger partial charge in [-0.15, -0.1) is 0 Å². The van der Waals surface area contributed by atoms with Gasteiger partial charge in [0.15, 0.2) is 11.5 Å². The molecule has 0 bridgehead atoms. The summed E-state index contributed by atoms with van der Waals surface area (Å²) < 4.78 is 32.9. The molecule has 3 N–H and O–H groups in total. The zero-order valence-corrected chi connectivity index (χ0v) is 20.3. The van der Waals surface area contributed by atoms with Crippen LogP contribution in [0.15, 0.2) is 67.5 Å². The van der Waals surface area contributed by atoms with Gasteiger partial charge in [0.2, 0.25) is 0 Å². The smallest absolute Gasteiger partial charge is 0.342 e. The minimum atomic E-state index is -3.39. The highest BCUT2D eigenvalue weighted by molar-refractivity contribution is 7.57. The minimum Gasteiger partial charge on any atom is -0.431 e. The summed E-state index contributed by atoms with van der Waals surface area (Å²) in [5.41, 5.74) is 8.02. The van der Waals surface area contributed by atoms with E-state index in [0.29, 0.717) is 49.0 Å². The molecule has 35 heavy (non-hydrogen) atoms. The van der Waals surface area contributed by atoms with Crippen molar-refractivity contribution in [3.8, 4) is 5.75 Å². The lowest BCUT2D eigenvalue weighted by molar-refractivity contribution is 0.0815. The third-order valence-corrected chi connectivity index (χ3v) is 6.73. The summed E-state index contributed by atoms with van der Waals surface area (Å²) in [5, 5.41) is 3.00. The molecule has 1 unspecified atom stereocenters. The van der Waals surface area contributed by atoms with E-state index in [-0.39, 0.29) is 12.5 Å². The Balaban J connectivity index is 1.33. The maximum absolute atomic E-state index is 13.6. The fraction of sp³-hybridized carbons (Fsp3) is 0.304. The first kappa shape index (κ1) is 24.7. The second-order valence-corrected chi connectivity index (χ2v) is 9.93. The van der Waals surface area contributed by atoms with Crippen molar-refractivity contribution in [1.82, 2.24) is 29.6 Å². The van der Waals surface area contributed by atoms with E-state index in [1.165, 1.54) is 6.33 Å². The van der Waals surface area contributed by atoms with Gasteiger partial charge in [-0.2, -0.15) is 0 Å². The van der Waals surface area contributed by atoms with E-state index in [2.05, 4.69) is 25.0 Å². The predicted molar refractivity (Wildman–Crippen MR) is 132 cm³/mol. The van der Waals surface area contributed by atoms with Gasteiger partial charge in [0.1, 0.15) is 23.9 Å². The molecule has 0 radical (unpaired) electrons. The van der Waals surface area contributed by atoms with Crippen molar-refractivity contribution in [2.45, 2.75) is 26.2 Å². The first-order valence-corrected chi connectivity index (χ1v) is 12.9. The summed E-state index contributed by atoms with van der Waals surface area (Å²) >= 11 is 0. The van der Waals surface area contributed by atoms with Gasteiger partial charge in [-0.1, -0.05) is 18.2 Å². The van der Waals surface area contributed by atoms with E-state index in [0.717, 1.165) is 5.56 Å². The standard InChI is InChI=1S/C23H28N7O4P/c1-18(13-30-16-28-21-22(24)26-15-27-23(21)30)33-17-35(31,34-20-5-3-2-4-6-20)29-11-12-32-14-19-7-9-25-10-8-19/h2-10,15-16,18H,11-14,17H2,1H3,(H,29,31)(H2,24,26,27)/t18-,35?/m1/s1. The number of fused-ring (bicyclic) bond motifs is 1. The number of nitrogen functional groups attached to an aromatic ring is 1. The second-order valence-electron chi connectivity index (χ2n) is 7.83. The van der Waals surface area contributed by atoms with E-state index in [4.69, 9.17) is 19.7 Å². The molecule has 0 spiro atoms. The number of imidazole rings is 1. The number of benzene rings is 1. The number of nitrogens with two attached hydrogens (primary N) is 1. The Morgan fingerprint density at radius 1 is 1.11 bits per heavy atom. The van der Waals surface area contributed by atoms with Crippen LogP contribution >= 0.6 is 7.52 Å². The minimum absolute atomic E-state index is 0.128. The molecule has 3 heterocycles. The molecule has 184 valence electrons. The third-order valence-electron chi connectivity index (χ3n) is 5.03. The highest BCUT2D eigenvalue weighted by Gasteiger charge is 2.26. The number of nitrogens with one attached hydrogen (secondary N) is 1. The van der Waals surface area contributed by atoms with E-state index < -0.39 is 7.52 Å². The number of hydrogen-bond donors (Lipinski definition) is 2. The van der Waals surface area contributed by atoms with Crippen molar-refractivity contribution in [3.63, 3.8) is 0 Å². The molecule has 0 aliphatic heterocycles. The van der Waals surface area contributed by atoms with Crippen LogP contribution in [0.4, 0.5) is 5.82 Å². The lowest BCUT2D eigenvalue weighted by Crippen LogP contribution is -2.25. The normalized spacial score (nSPS) is 14.0. The van der Waals surface area contributed by atoms with Gasteiger partial charge in [-0.25, -0.2) is 20.0 Å². The Morgan fingerprint density at radius 3 is 2.71 bits per heavy atom. The number of rotatable bonds is 13. The summed E-state index contributed by atoms with van der Waals surface area (Å²) in [6.45, 7) is 3.43. The Kier molecular flexibility index (Phi) is 8.38. The fourth-order valence-corrected chi connectivity index (χ4v) is 4.85. The monoisotopic (exact) mass is 497 g/mol. The van der Waals surface area contributed by atoms with Gasteiger partial charge in [0.05, 0.1) is 32.2 Å². The van der Waals surface area contributed by atoms with Crippen LogP contribution < -0.4 is 15.3 Å². The lowest BCUT2D eigenvalue weighted by Gasteiger charge is -2.23. The first-order valence-electron chi connectivity index (χ1n) is 11.1. The summed E-state index contributed by atoms with van der Waals surface area (Å²) in [4.78, 5) is 16.4. The van der Waals surface area contributed by atoms with Crippen molar-refractivity contribution >= 4 is 24.5 Å². The van der Waals surface area contributed by atoms with E-state index >= 15 is 0 Å². The van der Waals surface area contributed by atoms with Crippen LogP contribution in [0.2, 0.25) is 0 Å². The third kappa shape index (κ3) is 7.06. The molecule has 3 aromatic heterocycles. The van der Waals surface area contributed by atoms with E-state index in [1.54, 1.807) is 30.9 Å². The van der Waals surface area contributed by atoms with Crippen LogP contribution in [0.5, 0.6) is 5.75 Å². The molecule has 0 aliphatic carbocycles. The molecule has 0 amide bonds. The maximum atomic E-state index is 13.6. The number of para-hydroxylation sites is 1. The number of anilines is 1. The van der Waals surface area contributed by atoms with Crippen LogP contribution in [0.1, 0.15) is 12.5 Å². The molecule has 0 fully saturated rings. The van der Waals surface area contributed by atoms with Crippen molar-refractivity contribution in [2.75, 3.05) is 25.2 Å². The number of aromatic nitrogens is 5. The highest BCUT2D eigenvalue weighted by atomic mass is 31.2. The zero-order chi connectivity index (χ0) is 24.5. The number of pyridine rings is 1. The Bertz CT molecular complexity index is 1260. The van der Waals surface area contributed by atoms with Crippen molar-refractivity contribution in [2.24, 2.45) is 0 Å². The van der Waals surface area contributed by atoms with Crippen molar-refractivity contribution < 1.29 is 18.6 Å². The van der Waals surface area contributed by atoms with Gasteiger partial charge >= 0.3 is 7.52 Å². The SMILES string of the molecule is C[C@H](Cn1cnc2c(N)ncnc21)OCP(=O)(NCCOCc1ccncc1)Oc1ccccc1.